The molecule has 2 nitrogen and oxygen atoms in total. The van der Waals surface area contributed by atoms with Gasteiger partial charge in [-0.05, 0) is 18.2 Å². The second-order valence-corrected chi connectivity index (χ2v) is 4.47. The Morgan fingerprint density at radius 1 is 1.00 bits per heavy atom. The van der Waals surface area contributed by atoms with E-state index in [1.54, 1.807) is 24.4 Å². The topological polar surface area (TPSA) is 38.9 Å². The lowest BCUT2D eigenvalue weighted by atomic mass is 10.1. The quantitative estimate of drug-likeness (QED) is 0.842. The van der Waals surface area contributed by atoms with Gasteiger partial charge in [0.2, 0.25) is 0 Å². The molecule has 2 N–H and O–H groups in total. The molecular weight excluding hydrogens is 266 g/mol. The van der Waals surface area contributed by atoms with Gasteiger partial charge in [0.1, 0.15) is 5.82 Å². The van der Waals surface area contributed by atoms with Crippen molar-refractivity contribution in [1.82, 2.24) is 4.98 Å². The molecule has 2 aromatic rings. The SMILES string of the molecule is Nc1ncc(-c2ccc(Cl)cc2Cl)cc1Cl. The van der Waals surface area contributed by atoms with E-state index in [1.165, 1.54) is 0 Å². The van der Waals surface area contributed by atoms with Crippen LogP contribution in [0.25, 0.3) is 11.1 Å². The molecule has 0 amide bonds. The van der Waals surface area contributed by atoms with Crippen LogP contribution in [0.3, 0.4) is 0 Å². The fourth-order valence-electron chi connectivity index (χ4n) is 1.32. The second-order valence-electron chi connectivity index (χ2n) is 3.22. The number of hydrogen-bond acceptors (Lipinski definition) is 2. The van der Waals surface area contributed by atoms with Gasteiger partial charge in [0, 0.05) is 27.4 Å². The number of nitrogens with zero attached hydrogens (tertiary/aromatic N) is 1. The fourth-order valence-corrected chi connectivity index (χ4v) is 2.00. The Balaban J connectivity index is 2.54. The molecule has 0 radical (unpaired) electrons. The van der Waals surface area contributed by atoms with E-state index in [4.69, 9.17) is 40.5 Å². The summed E-state index contributed by atoms with van der Waals surface area (Å²) in [6, 6.07) is 6.96. The Kier molecular flexibility index (Phi) is 3.24. The van der Waals surface area contributed by atoms with Gasteiger partial charge in [-0.25, -0.2) is 4.98 Å². The van der Waals surface area contributed by atoms with Gasteiger partial charge < -0.3 is 5.73 Å². The van der Waals surface area contributed by atoms with E-state index in [9.17, 15) is 0 Å². The summed E-state index contributed by atoms with van der Waals surface area (Å²) in [4.78, 5) is 3.97. The number of hydrogen-bond donors (Lipinski definition) is 1. The van der Waals surface area contributed by atoms with Crippen molar-refractivity contribution in [3.05, 3.63) is 45.5 Å². The average molecular weight is 274 g/mol. The third-order valence-electron chi connectivity index (χ3n) is 2.11. The van der Waals surface area contributed by atoms with Crippen LogP contribution in [0.1, 0.15) is 0 Å². The van der Waals surface area contributed by atoms with Gasteiger partial charge in [-0.15, -0.1) is 0 Å². The lowest BCUT2D eigenvalue weighted by molar-refractivity contribution is 1.34. The number of anilines is 1. The van der Waals surface area contributed by atoms with E-state index in [-0.39, 0.29) is 0 Å². The van der Waals surface area contributed by atoms with Gasteiger partial charge in [-0.2, -0.15) is 0 Å². The van der Waals surface area contributed by atoms with Crippen molar-refractivity contribution >= 4 is 40.6 Å². The number of benzene rings is 1. The molecule has 0 aliphatic rings. The Bertz CT molecular complexity index is 541. The van der Waals surface area contributed by atoms with E-state index in [0.29, 0.717) is 20.9 Å². The second kappa shape index (κ2) is 4.50. The molecule has 0 unspecified atom stereocenters. The summed E-state index contributed by atoms with van der Waals surface area (Å²) >= 11 is 17.8. The molecule has 5 heteroatoms. The summed E-state index contributed by atoms with van der Waals surface area (Å²) in [7, 11) is 0. The van der Waals surface area contributed by atoms with Crippen molar-refractivity contribution in [1.29, 1.82) is 0 Å². The van der Waals surface area contributed by atoms with E-state index >= 15 is 0 Å². The zero-order valence-corrected chi connectivity index (χ0v) is 10.3. The van der Waals surface area contributed by atoms with Crippen LogP contribution in [0.5, 0.6) is 0 Å². The highest BCUT2D eigenvalue weighted by Gasteiger charge is 2.06. The zero-order valence-electron chi connectivity index (χ0n) is 8.05. The molecule has 1 heterocycles. The van der Waals surface area contributed by atoms with Crippen LogP contribution < -0.4 is 5.73 Å². The number of aromatic nitrogens is 1. The molecule has 0 saturated carbocycles. The summed E-state index contributed by atoms with van der Waals surface area (Å²) < 4.78 is 0. The highest BCUT2D eigenvalue weighted by Crippen LogP contribution is 2.32. The van der Waals surface area contributed by atoms with Gasteiger partial charge in [0.15, 0.2) is 0 Å². The van der Waals surface area contributed by atoms with Crippen LogP contribution in [0.4, 0.5) is 5.82 Å². The predicted octanol–water partition coefficient (Wildman–Crippen LogP) is 4.29. The summed E-state index contributed by atoms with van der Waals surface area (Å²) in [5, 5.41) is 1.54. The molecule has 82 valence electrons. The van der Waals surface area contributed by atoms with Crippen molar-refractivity contribution in [2.75, 3.05) is 5.73 Å². The molecule has 0 aliphatic heterocycles. The molecule has 0 fully saturated rings. The number of pyridine rings is 1. The first-order valence-electron chi connectivity index (χ1n) is 4.44. The molecule has 0 aliphatic carbocycles. The normalized spacial score (nSPS) is 10.4. The highest BCUT2D eigenvalue weighted by molar-refractivity contribution is 6.36. The predicted molar refractivity (Wildman–Crippen MR) is 69.1 cm³/mol. The van der Waals surface area contributed by atoms with Gasteiger partial charge in [0.25, 0.3) is 0 Å². The van der Waals surface area contributed by atoms with Gasteiger partial charge in [-0.3, -0.25) is 0 Å². The van der Waals surface area contributed by atoms with Crippen LogP contribution >= 0.6 is 34.8 Å². The zero-order chi connectivity index (χ0) is 11.7. The van der Waals surface area contributed by atoms with Crippen LogP contribution in [-0.4, -0.2) is 4.98 Å². The lowest BCUT2D eigenvalue weighted by Crippen LogP contribution is -1.91. The minimum Gasteiger partial charge on any atom is -0.382 e. The number of nitrogen functional groups attached to an aromatic ring is 1. The van der Waals surface area contributed by atoms with Crippen molar-refractivity contribution in [3.63, 3.8) is 0 Å². The third-order valence-corrected chi connectivity index (χ3v) is 2.96. The smallest absolute Gasteiger partial charge is 0.142 e. The summed E-state index contributed by atoms with van der Waals surface area (Å²) in [5.41, 5.74) is 7.16. The highest BCUT2D eigenvalue weighted by atomic mass is 35.5. The summed E-state index contributed by atoms with van der Waals surface area (Å²) in [6.45, 7) is 0. The Morgan fingerprint density at radius 3 is 2.38 bits per heavy atom. The maximum absolute atomic E-state index is 6.07. The monoisotopic (exact) mass is 272 g/mol. The minimum absolute atomic E-state index is 0.301. The van der Waals surface area contributed by atoms with Crippen LogP contribution in [0.15, 0.2) is 30.5 Å². The Morgan fingerprint density at radius 2 is 1.75 bits per heavy atom. The molecule has 0 spiro atoms. The van der Waals surface area contributed by atoms with Crippen LogP contribution in [0, 0.1) is 0 Å². The molecule has 1 aromatic heterocycles. The Labute approximate surface area is 108 Å². The van der Waals surface area contributed by atoms with Crippen molar-refractivity contribution < 1.29 is 0 Å². The van der Waals surface area contributed by atoms with E-state index in [0.717, 1.165) is 11.1 Å². The van der Waals surface area contributed by atoms with E-state index in [1.807, 2.05) is 6.07 Å². The average Bonchev–Trinajstić information content (AvgIpc) is 2.22. The lowest BCUT2D eigenvalue weighted by Gasteiger charge is -2.06. The molecule has 0 atom stereocenters. The standard InChI is InChI=1S/C11H7Cl3N2/c12-7-1-2-8(9(13)4-7)6-3-10(14)11(15)16-5-6/h1-5H,(H2,15,16). The first-order chi connectivity index (χ1) is 7.58. The van der Waals surface area contributed by atoms with E-state index < -0.39 is 0 Å². The number of halogens is 3. The molecule has 1 aromatic carbocycles. The number of rotatable bonds is 1. The largest absolute Gasteiger partial charge is 0.382 e. The molecule has 16 heavy (non-hydrogen) atoms. The van der Waals surface area contributed by atoms with Crippen LogP contribution in [0.2, 0.25) is 15.1 Å². The van der Waals surface area contributed by atoms with Gasteiger partial charge >= 0.3 is 0 Å². The Hall–Kier alpha value is -0.960. The molecule has 0 bridgehead atoms. The van der Waals surface area contributed by atoms with Crippen LogP contribution in [-0.2, 0) is 0 Å². The van der Waals surface area contributed by atoms with Crippen molar-refractivity contribution in [2.45, 2.75) is 0 Å². The van der Waals surface area contributed by atoms with Crippen molar-refractivity contribution in [3.8, 4) is 11.1 Å². The number of nitrogens with two attached hydrogens (primary N) is 1. The molecule has 0 saturated heterocycles. The summed E-state index contributed by atoms with van der Waals surface area (Å²) in [5.74, 6) is 0.301. The molecular formula is C11H7Cl3N2. The van der Waals surface area contributed by atoms with Gasteiger partial charge in [0.05, 0.1) is 5.02 Å². The molecule has 2 rings (SSSR count). The maximum atomic E-state index is 6.07. The first kappa shape index (κ1) is 11.5. The minimum atomic E-state index is 0.301. The van der Waals surface area contributed by atoms with Crippen molar-refractivity contribution in [2.24, 2.45) is 0 Å². The summed E-state index contributed by atoms with van der Waals surface area (Å²) in [6.07, 6.45) is 1.62. The van der Waals surface area contributed by atoms with E-state index in [2.05, 4.69) is 4.98 Å². The third kappa shape index (κ3) is 2.24. The fraction of sp³-hybridized carbons (Fsp3) is 0. The van der Waals surface area contributed by atoms with Gasteiger partial charge in [-0.1, -0.05) is 40.9 Å². The maximum Gasteiger partial charge on any atom is 0.142 e. The first-order valence-corrected chi connectivity index (χ1v) is 5.58.